The molecule has 77 valence electrons. The molecule has 4 heteroatoms. The third-order valence-corrected chi connectivity index (χ3v) is 2.70. The molecule has 0 aromatic carbocycles. The third kappa shape index (κ3) is 2.56. The second-order valence-electron chi connectivity index (χ2n) is 3.76. The normalized spacial score (nSPS) is 20.1. The molecule has 1 saturated heterocycles. The van der Waals surface area contributed by atoms with E-state index in [1.54, 1.807) is 0 Å². The third-order valence-electron chi connectivity index (χ3n) is 2.70. The van der Waals surface area contributed by atoms with Crippen LogP contribution in [-0.4, -0.2) is 52.1 Å². The van der Waals surface area contributed by atoms with Crippen LogP contribution in [0.1, 0.15) is 0 Å². The number of nitrogens with zero attached hydrogens (tertiary/aromatic N) is 4. The highest BCUT2D eigenvalue weighted by atomic mass is 15.3. The zero-order valence-corrected chi connectivity index (χ0v) is 8.47. The van der Waals surface area contributed by atoms with Gasteiger partial charge >= 0.3 is 0 Å². The topological polar surface area (TPSA) is 24.3 Å². The molecule has 1 aliphatic heterocycles. The standard InChI is InChI=1S/C10H17N4/c1-12-4-6-13(7-5-12)8-9-14-3-2-11-10-14/h2-3,10H,1,4-9H2. The summed E-state index contributed by atoms with van der Waals surface area (Å²) in [6.45, 7) is 6.60. The van der Waals surface area contributed by atoms with Gasteiger partial charge in [0.2, 0.25) is 0 Å². The molecular formula is C10H17N4. The molecule has 0 spiro atoms. The predicted molar refractivity (Wildman–Crippen MR) is 55.6 cm³/mol. The number of aromatic nitrogens is 2. The number of hydrogen-bond acceptors (Lipinski definition) is 3. The summed E-state index contributed by atoms with van der Waals surface area (Å²) in [5.74, 6) is 0. The first-order valence-electron chi connectivity index (χ1n) is 5.08. The lowest BCUT2D eigenvalue weighted by molar-refractivity contribution is 0.162. The van der Waals surface area contributed by atoms with Gasteiger partial charge in [-0.25, -0.2) is 4.98 Å². The monoisotopic (exact) mass is 193 g/mol. The second kappa shape index (κ2) is 4.57. The van der Waals surface area contributed by atoms with E-state index in [4.69, 9.17) is 0 Å². The first kappa shape index (κ1) is 9.68. The van der Waals surface area contributed by atoms with Crippen molar-refractivity contribution < 1.29 is 0 Å². The van der Waals surface area contributed by atoms with Crippen LogP contribution in [0.4, 0.5) is 0 Å². The van der Waals surface area contributed by atoms with Gasteiger partial charge in [0.05, 0.1) is 6.33 Å². The van der Waals surface area contributed by atoms with Crippen molar-refractivity contribution in [2.45, 2.75) is 6.54 Å². The van der Waals surface area contributed by atoms with Gasteiger partial charge in [-0.2, -0.15) is 0 Å². The minimum atomic E-state index is 1.04. The van der Waals surface area contributed by atoms with Crippen molar-refractivity contribution in [2.75, 3.05) is 32.7 Å². The molecule has 0 bridgehead atoms. The Hall–Kier alpha value is -0.870. The predicted octanol–water partition coefficient (Wildman–Crippen LogP) is 0.292. The van der Waals surface area contributed by atoms with Crippen LogP contribution >= 0.6 is 0 Å². The summed E-state index contributed by atoms with van der Waals surface area (Å²) < 4.78 is 2.12. The van der Waals surface area contributed by atoms with Gasteiger partial charge in [0, 0.05) is 58.7 Å². The fraction of sp³-hybridized carbons (Fsp3) is 0.600. The van der Waals surface area contributed by atoms with Crippen LogP contribution in [0.2, 0.25) is 0 Å². The maximum atomic E-state index is 4.02. The molecule has 2 heterocycles. The summed E-state index contributed by atoms with van der Waals surface area (Å²) in [4.78, 5) is 8.63. The molecule has 1 fully saturated rings. The Kier molecular flexibility index (Phi) is 3.16. The second-order valence-corrected chi connectivity index (χ2v) is 3.76. The SMILES string of the molecule is [CH2]N1CCN(CCn2ccnc2)CC1. The average Bonchev–Trinajstić information content (AvgIpc) is 2.70. The largest absolute Gasteiger partial charge is 0.336 e. The van der Waals surface area contributed by atoms with Gasteiger partial charge in [-0.05, 0) is 0 Å². The fourth-order valence-electron chi connectivity index (χ4n) is 1.69. The zero-order valence-electron chi connectivity index (χ0n) is 8.47. The van der Waals surface area contributed by atoms with Crippen molar-refractivity contribution in [3.05, 3.63) is 25.8 Å². The number of imidazole rings is 1. The molecule has 0 amide bonds. The maximum Gasteiger partial charge on any atom is 0.0946 e. The highest BCUT2D eigenvalue weighted by molar-refractivity contribution is 4.76. The van der Waals surface area contributed by atoms with Gasteiger partial charge in [0.25, 0.3) is 0 Å². The van der Waals surface area contributed by atoms with Crippen LogP contribution in [0.15, 0.2) is 18.7 Å². The molecule has 2 rings (SSSR count). The van der Waals surface area contributed by atoms with Crippen molar-refractivity contribution in [2.24, 2.45) is 0 Å². The Balaban J connectivity index is 1.71. The van der Waals surface area contributed by atoms with E-state index in [1.807, 2.05) is 18.7 Å². The van der Waals surface area contributed by atoms with E-state index >= 15 is 0 Å². The highest BCUT2D eigenvalue weighted by Crippen LogP contribution is 2.00. The summed E-state index contributed by atoms with van der Waals surface area (Å²) in [5.41, 5.74) is 0. The van der Waals surface area contributed by atoms with E-state index < -0.39 is 0 Å². The van der Waals surface area contributed by atoms with Gasteiger partial charge in [-0.1, -0.05) is 0 Å². The summed E-state index contributed by atoms with van der Waals surface area (Å²) in [6, 6.07) is 0. The number of hydrogen-bond donors (Lipinski definition) is 0. The molecule has 1 aliphatic rings. The lowest BCUT2D eigenvalue weighted by Gasteiger charge is -2.32. The smallest absolute Gasteiger partial charge is 0.0946 e. The molecule has 0 atom stereocenters. The highest BCUT2D eigenvalue weighted by Gasteiger charge is 2.12. The minimum Gasteiger partial charge on any atom is -0.336 e. The Morgan fingerprint density at radius 1 is 1.14 bits per heavy atom. The molecule has 0 N–H and O–H groups in total. The van der Waals surface area contributed by atoms with Gasteiger partial charge in [-0.3, -0.25) is 9.80 Å². The Bertz CT molecular complexity index is 249. The lowest BCUT2D eigenvalue weighted by atomic mass is 10.3. The maximum absolute atomic E-state index is 4.02. The Morgan fingerprint density at radius 2 is 1.93 bits per heavy atom. The molecule has 4 nitrogen and oxygen atoms in total. The van der Waals surface area contributed by atoms with Gasteiger partial charge in [0.15, 0.2) is 0 Å². The van der Waals surface area contributed by atoms with Crippen molar-refractivity contribution in [1.82, 2.24) is 19.4 Å². The van der Waals surface area contributed by atoms with Crippen molar-refractivity contribution in [1.29, 1.82) is 0 Å². The van der Waals surface area contributed by atoms with Crippen LogP contribution in [0.3, 0.4) is 0 Å². The van der Waals surface area contributed by atoms with Gasteiger partial charge in [-0.15, -0.1) is 0 Å². The van der Waals surface area contributed by atoms with Crippen LogP contribution < -0.4 is 0 Å². The summed E-state index contributed by atoms with van der Waals surface area (Å²) >= 11 is 0. The van der Waals surface area contributed by atoms with Gasteiger partial charge in [0.1, 0.15) is 0 Å². The van der Waals surface area contributed by atoms with E-state index in [0.29, 0.717) is 0 Å². The Labute approximate surface area is 85.1 Å². The van der Waals surface area contributed by atoms with Crippen molar-refractivity contribution in [3.63, 3.8) is 0 Å². The number of rotatable bonds is 3. The summed E-state index contributed by atoms with van der Waals surface area (Å²) in [5, 5.41) is 0. The molecule has 14 heavy (non-hydrogen) atoms. The molecule has 0 aliphatic carbocycles. The van der Waals surface area contributed by atoms with Gasteiger partial charge < -0.3 is 4.57 Å². The van der Waals surface area contributed by atoms with E-state index in [9.17, 15) is 0 Å². The molecule has 0 saturated carbocycles. The minimum absolute atomic E-state index is 1.04. The lowest BCUT2D eigenvalue weighted by Crippen LogP contribution is -2.44. The van der Waals surface area contributed by atoms with Crippen molar-refractivity contribution >= 4 is 0 Å². The average molecular weight is 193 g/mol. The van der Waals surface area contributed by atoms with Crippen LogP contribution in [0, 0.1) is 7.05 Å². The molecule has 1 radical (unpaired) electrons. The van der Waals surface area contributed by atoms with Crippen LogP contribution in [0.5, 0.6) is 0 Å². The van der Waals surface area contributed by atoms with Crippen LogP contribution in [-0.2, 0) is 6.54 Å². The van der Waals surface area contributed by atoms with Crippen LogP contribution in [0.25, 0.3) is 0 Å². The first-order chi connectivity index (χ1) is 6.84. The molecule has 1 aromatic rings. The van der Waals surface area contributed by atoms with E-state index in [1.165, 1.54) is 0 Å². The van der Waals surface area contributed by atoms with E-state index in [-0.39, 0.29) is 0 Å². The summed E-state index contributed by atoms with van der Waals surface area (Å²) in [7, 11) is 3.93. The van der Waals surface area contributed by atoms with E-state index in [2.05, 4.69) is 26.4 Å². The van der Waals surface area contributed by atoms with E-state index in [0.717, 1.165) is 39.3 Å². The fourth-order valence-corrected chi connectivity index (χ4v) is 1.69. The molecular weight excluding hydrogens is 176 g/mol. The quantitative estimate of drug-likeness (QED) is 0.689. The number of piperazine rings is 1. The zero-order chi connectivity index (χ0) is 9.80. The Morgan fingerprint density at radius 3 is 2.57 bits per heavy atom. The summed E-state index contributed by atoms with van der Waals surface area (Å²) in [6.07, 6.45) is 5.71. The molecule has 0 unspecified atom stereocenters. The molecule has 1 aromatic heterocycles. The first-order valence-corrected chi connectivity index (χ1v) is 5.08. The van der Waals surface area contributed by atoms with Crippen molar-refractivity contribution in [3.8, 4) is 0 Å².